The molecule has 0 aromatic heterocycles. The number of aliphatic hydroxyl groups is 1. The third kappa shape index (κ3) is 11.0. The van der Waals surface area contributed by atoms with Crippen molar-refractivity contribution >= 4 is 23.4 Å². The van der Waals surface area contributed by atoms with Crippen LogP contribution in [0.3, 0.4) is 0 Å². The van der Waals surface area contributed by atoms with Gasteiger partial charge < -0.3 is 14.4 Å². The van der Waals surface area contributed by atoms with E-state index in [0.29, 0.717) is 32.7 Å². The van der Waals surface area contributed by atoms with Crippen molar-refractivity contribution in [1.82, 2.24) is 0 Å². The van der Waals surface area contributed by atoms with E-state index in [2.05, 4.69) is 58.3 Å². The number of rotatable bonds is 15. The van der Waals surface area contributed by atoms with Gasteiger partial charge in [0.2, 0.25) is 0 Å². The summed E-state index contributed by atoms with van der Waals surface area (Å²) < 4.78 is 11.2. The van der Waals surface area contributed by atoms with E-state index in [1.54, 1.807) is 0 Å². The Bertz CT molecular complexity index is 695. The zero-order chi connectivity index (χ0) is 24.1. The Morgan fingerprint density at radius 1 is 1.21 bits per heavy atom. The average Bonchev–Trinajstić information content (AvgIpc) is 3.05. The molecule has 33 heavy (non-hydrogen) atoms. The lowest BCUT2D eigenvalue weighted by atomic mass is 9.83. The maximum absolute atomic E-state index is 11.6. The van der Waals surface area contributed by atoms with Crippen LogP contribution in [0, 0.1) is 17.8 Å². The molecule has 1 aromatic rings. The maximum atomic E-state index is 11.6. The number of hydrogen-bond donors (Lipinski definition) is 1. The second-order valence-electron chi connectivity index (χ2n) is 9.71. The Labute approximate surface area is 205 Å². The van der Waals surface area contributed by atoms with Crippen LogP contribution in [0.15, 0.2) is 42.5 Å². The molecule has 1 saturated carbocycles. The van der Waals surface area contributed by atoms with E-state index >= 15 is 0 Å². The summed E-state index contributed by atoms with van der Waals surface area (Å²) in [6.07, 6.45) is 12.6. The van der Waals surface area contributed by atoms with Gasteiger partial charge in [0.05, 0.1) is 18.3 Å². The largest absolute Gasteiger partial charge is 0.463 e. The van der Waals surface area contributed by atoms with E-state index < -0.39 is 0 Å². The topological polar surface area (TPSA) is 55.8 Å². The van der Waals surface area contributed by atoms with Gasteiger partial charge in [-0.2, -0.15) is 0 Å². The molecule has 1 aliphatic carbocycles. The van der Waals surface area contributed by atoms with E-state index in [4.69, 9.17) is 9.26 Å². The molecule has 1 fully saturated rings. The zero-order valence-electron chi connectivity index (χ0n) is 20.6. The Morgan fingerprint density at radius 3 is 2.67 bits per heavy atom. The number of unbranched alkanes of at least 4 members (excludes halogenated alkanes) is 1. The highest BCUT2D eigenvalue weighted by atomic mass is 32.0. The van der Waals surface area contributed by atoms with E-state index in [1.807, 2.05) is 13.8 Å². The first-order valence-corrected chi connectivity index (χ1v) is 15.3. The van der Waals surface area contributed by atoms with Crippen LogP contribution in [0.5, 0.6) is 0 Å². The molecule has 2 unspecified atom stereocenters. The predicted octanol–water partition coefficient (Wildman–Crippen LogP) is 6.87. The van der Waals surface area contributed by atoms with Crippen molar-refractivity contribution in [3.8, 4) is 0 Å². The molecule has 0 heterocycles. The fraction of sp³-hybridized carbons (Fsp3) is 0.667. The Morgan fingerprint density at radius 2 is 1.97 bits per heavy atom. The van der Waals surface area contributed by atoms with Crippen molar-refractivity contribution in [2.75, 3.05) is 0 Å². The summed E-state index contributed by atoms with van der Waals surface area (Å²) in [4.78, 5) is 11.6. The fourth-order valence-corrected chi connectivity index (χ4v) is 6.04. The summed E-state index contributed by atoms with van der Waals surface area (Å²) in [5.74, 6) is 1.27. The number of allylic oxidation sites excluding steroid dienone is 2. The summed E-state index contributed by atoms with van der Waals surface area (Å²) in [5.41, 5.74) is 1.36. The molecular weight excluding hydrogens is 450 g/mol. The lowest BCUT2D eigenvalue weighted by Crippen LogP contribution is -2.21. The number of carbonyl (C=O) groups excluding carboxylic acids is 1. The molecule has 1 N–H and O–H groups in total. The molecule has 0 amide bonds. The first-order valence-electron chi connectivity index (χ1n) is 12.6. The number of esters is 1. The highest BCUT2D eigenvalue weighted by molar-refractivity contribution is 8.00. The Kier molecular flexibility index (Phi) is 13.8. The second-order valence-corrected chi connectivity index (χ2v) is 10.9. The number of ether oxygens (including phenoxy) is 1. The summed E-state index contributed by atoms with van der Waals surface area (Å²) in [6.45, 7) is 6.04. The fourth-order valence-electron chi connectivity index (χ4n) is 5.03. The molecule has 2 rings (SSSR count). The summed E-state index contributed by atoms with van der Waals surface area (Å²) in [5, 5.41) is 10.7. The molecule has 186 valence electrons. The summed E-state index contributed by atoms with van der Waals surface area (Å²) in [6, 6.07) is 10.6. The van der Waals surface area contributed by atoms with Gasteiger partial charge in [-0.05, 0) is 88.5 Å². The van der Waals surface area contributed by atoms with Gasteiger partial charge in [-0.1, -0.05) is 58.3 Å². The van der Waals surface area contributed by atoms with Gasteiger partial charge in [0.1, 0.15) is 0 Å². The maximum Gasteiger partial charge on any atom is 0.306 e. The van der Waals surface area contributed by atoms with Crippen LogP contribution >= 0.6 is 17.4 Å². The molecule has 1 aliphatic rings. The lowest BCUT2D eigenvalue weighted by molar-refractivity contribution is -0.147. The van der Waals surface area contributed by atoms with Gasteiger partial charge in [-0.25, -0.2) is 0 Å². The van der Waals surface area contributed by atoms with Gasteiger partial charge >= 0.3 is 5.97 Å². The molecule has 0 aliphatic heterocycles. The van der Waals surface area contributed by atoms with Gasteiger partial charge in [0.15, 0.2) is 0 Å². The van der Waals surface area contributed by atoms with Crippen LogP contribution in [0.2, 0.25) is 0 Å². The number of carbonyl (C=O) groups is 1. The van der Waals surface area contributed by atoms with Crippen LogP contribution in [-0.4, -0.2) is 29.4 Å². The van der Waals surface area contributed by atoms with E-state index in [9.17, 15) is 9.90 Å². The minimum Gasteiger partial charge on any atom is -0.463 e. The number of aryl methyl sites for hydroxylation is 1. The number of hydrogen-bond acceptors (Lipinski definition) is 4. The van der Waals surface area contributed by atoms with Crippen molar-refractivity contribution in [2.24, 2.45) is 17.8 Å². The molecule has 0 saturated heterocycles. The van der Waals surface area contributed by atoms with Crippen LogP contribution < -0.4 is 0 Å². The van der Waals surface area contributed by atoms with Gasteiger partial charge in [-0.15, -0.1) is 0 Å². The van der Waals surface area contributed by atoms with Crippen molar-refractivity contribution < 1.29 is 19.2 Å². The average molecular weight is 495 g/mol. The Hall–Kier alpha value is -0.790. The monoisotopic (exact) mass is 494 g/mol. The standard InChI is InChI=1S/C27H44O4P2/c1-20(2)30-27(29)14-10-5-4-9-13-25-24(21(3)19-26(25)28)18-17-23(31-33-32)16-15-22-11-7-6-8-12-22/h4,6-9,11-12,20-21,23-26,28,33H,5,10,13-19,32H2,1-3H3/b9-4-/t21-,23+,24+,25-,26+/m1/s1. The third-order valence-corrected chi connectivity index (χ3v) is 7.61. The Balaban J connectivity index is 1.78. The smallest absolute Gasteiger partial charge is 0.306 e. The molecular formula is C27H44O4P2. The third-order valence-electron chi connectivity index (χ3n) is 6.74. The lowest BCUT2D eigenvalue weighted by Gasteiger charge is -2.25. The van der Waals surface area contributed by atoms with Crippen LogP contribution in [0.25, 0.3) is 0 Å². The minimum atomic E-state index is -0.219. The quantitative estimate of drug-likeness (QED) is 0.125. The first kappa shape index (κ1) is 28.4. The predicted molar refractivity (Wildman–Crippen MR) is 142 cm³/mol. The highest BCUT2D eigenvalue weighted by Gasteiger charge is 2.39. The van der Waals surface area contributed by atoms with E-state index in [0.717, 1.165) is 51.4 Å². The van der Waals surface area contributed by atoms with Gasteiger partial charge in [0, 0.05) is 14.9 Å². The van der Waals surface area contributed by atoms with Gasteiger partial charge in [-0.3, -0.25) is 4.79 Å². The first-order chi connectivity index (χ1) is 15.9. The number of aliphatic hydroxyl groups excluding tert-OH is 1. The van der Waals surface area contributed by atoms with Crippen molar-refractivity contribution in [2.45, 2.75) is 96.9 Å². The van der Waals surface area contributed by atoms with E-state index in [1.165, 1.54) is 5.56 Å². The van der Waals surface area contributed by atoms with Crippen molar-refractivity contribution in [1.29, 1.82) is 0 Å². The molecule has 1 aromatic carbocycles. The highest BCUT2D eigenvalue weighted by Crippen LogP contribution is 2.43. The van der Waals surface area contributed by atoms with E-state index in [-0.39, 0.29) is 24.3 Å². The number of benzene rings is 1. The second kappa shape index (κ2) is 16.0. The van der Waals surface area contributed by atoms with Crippen LogP contribution in [-0.2, 0) is 20.5 Å². The minimum absolute atomic E-state index is 0.0456. The van der Waals surface area contributed by atoms with Crippen LogP contribution in [0.1, 0.15) is 77.7 Å². The van der Waals surface area contributed by atoms with Crippen molar-refractivity contribution in [3.05, 3.63) is 48.0 Å². The SMILES string of the molecule is CC(C)OC(=O)CCC/C=C\C[C@@H]1[C@@H](CC[C@H](CCc2ccccc2)OPP)[C@H](C)C[C@@H]1O. The summed E-state index contributed by atoms with van der Waals surface area (Å²) in [7, 11) is 3.14. The zero-order valence-corrected chi connectivity index (χ0v) is 22.8. The molecule has 6 heteroatoms. The molecule has 0 spiro atoms. The summed E-state index contributed by atoms with van der Waals surface area (Å²) >= 11 is 0. The molecule has 7 atom stereocenters. The van der Waals surface area contributed by atoms with Crippen molar-refractivity contribution in [3.63, 3.8) is 0 Å². The molecule has 4 nitrogen and oxygen atoms in total. The van der Waals surface area contributed by atoms with Gasteiger partial charge in [0.25, 0.3) is 0 Å². The normalized spacial score (nSPS) is 24.3. The molecule has 0 radical (unpaired) electrons. The molecule has 0 bridgehead atoms. The van der Waals surface area contributed by atoms with Crippen LogP contribution in [0.4, 0.5) is 0 Å².